The molecule has 31 heavy (non-hydrogen) atoms. The number of carbonyl (C=O) groups excluding carboxylic acids is 2. The van der Waals surface area contributed by atoms with Gasteiger partial charge in [-0.3, -0.25) is 4.79 Å². The molecule has 2 N–H and O–H groups in total. The molecular formula is C21H27N3O6S. The van der Waals surface area contributed by atoms with E-state index in [1.165, 1.54) is 39.4 Å². The highest BCUT2D eigenvalue weighted by Gasteiger charge is 2.20. The second kappa shape index (κ2) is 10.3. The fourth-order valence-electron chi connectivity index (χ4n) is 2.54. The number of benzene rings is 2. The molecule has 2 rings (SSSR count). The van der Waals surface area contributed by atoms with Crippen molar-refractivity contribution in [3.8, 4) is 5.75 Å². The number of ether oxygens (including phenoxy) is 2. The number of nitrogens with zero attached hydrogens (tertiary/aromatic N) is 1. The summed E-state index contributed by atoms with van der Waals surface area (Å²) >= 11 is 0. The topological polar surface area (TPSA) is 114 Å². The molecule has 9 nitrogen and oxygen atoms in total. The zero-order valence-corrected chi connectivity index (χ0v) is 18.9. The number of rotatable bonds is 9. The maximum atomic E-state index is 12.4. The van der Waals surface area contributed by atoms with E-state index in [0.717, 1.165) is 4.31 Å². The van der Waals surface area contributed by atoms with Crippen molar-refractivity contribution in [1.29, 1.82) is 0 Å². The smallest absolute Gasteiger partial charge is 0.338 e. The molecule has 2 aromatic carbocycles. The van der Waals surface area contributed by atoms with E-state index in [0.29, 0.717) is 17.0 Å². The van der Waals surface area contributed by atoms with Crippen LogP contribution in [0.4, 0.5) is 11.4 Å². The average molecular weight is 450 g/mol. The van der Waals surface area contributed by atoms with Gasteiger partial charge in [-0.25, -0.2) is 17.5 Å². The molecule has 10 heteroatoms. The highest BCUT2D eigenvalue weighted by molar-refractivity contribution is 7.89. The molecule has 0 aliphatic heterocycles. The van der Waals surface area contributed by atoms with E-state index in [1.807, 2.05) is 0 Å². The second-order valence-electron chi connectivity index (χ2n) is 7.08. The van der Waals surface area contributed by atoms with Crippen molar-refractivity contribution in [2.45, 2.75) is 24.8 Å². The molecule has 0 spiro atoms. The van der Waals surface area contributed by atoms with Gasteiger partial charge in [0.15, 0.2) is 0 Å². The zero-order valence-electron chi connectivity index (χ0n) is 18.1. The van der Waals surface area contributed by atoms with Crippen LogP contribution in [0.3, 0.4) is 0 Å². The molecule has 0 radical (unpaired) electrons. The first-order valence-electron chi connectivity index (χ1n) is 9.50. The fourth-order valence-corrected chi connectivity index (χ4v) is 3.47. The van der Waals surface area contributed by atoms with Crippen molar-refractivity contribution in [3.63, 3.8) is 0 Å². The summed E-state index contributed by atoms with van der Waals surface area (Å²) < 4.78 is 36.1. The molecule has 1 amide bonds. The average Bonchev–Trinajstić information content (AvgIpc) is 2.72. The molecule has 0 bridgehead atoms. The standard InChI is InChI=1S/C21H27N3O6S/c1-14(2)30-21(26)15-6-8-16(9-7-15)22-13-20(25)23-18-12-17(10-11-19(18)29-5)31(27,28)24(3)4/h6-12,14,22H,13H2,1-5H3,(H,23,25). The summed E-state index contributed by atoms with van der Waals surface area (Å²) in [6.45, 7) is 3.46. The van der Waals surface area contributed by atoms with Gasteiger partial charge in [0.1, 0.15) is 5.75 Å². The summed E-state index contributed by atoms with van der Waals surface area (Å²) in [5.41, 5.74) is 1.28. The predicted octanol–water partition coefficient (Wildman–Crippen LogP) is 2.56. The molecule has 0 heterocycles. The van der Waals surface area contributed by atoms with Crippen LogP contribution in [0.1, 0.15) is 24.2 Å². The van der Waals surface area contributed by atoms with Gasteiger partial charge in [0.25, 0.3) is 0 Å². The van der Waals surface area contributed by atoms with Gasteiger partial charge < -0.3 is 20.1 Å². The van der Waals surface area contributed by atoms with Gasteiger partial charge >= 0.3 is 5.97 Å². The van der Waals surface area contributed by atoms with Gasteiger partial charge in [-0.1, -0.05) is 0 Å². The third-order valence-corrected chi connectivity index (χ3v) is 5.95. The Morgan fingerprint density at radius 1 is 1.06 bits per heavy atom. The summed E-state index contributed by atoms with van der Waals surface area (Å²) in [4.78, 5) is 24.3. The number of sulfonamides is 1. The zero-order chi connectivity index (χ0) is 23.2. The largest absolute Gasteiger partial charge is 0.495 e. The number of anilines is 2. The first-order valence-corrected chi connectivity index (χ1v) is 10.9. The second-order valence-corrected chi connectivity index (χ2v) is 9.23. The molecule has 168 valence electrons. The van der Waals surface area contributed by atoms with Crippen molar-refractivity contribution < 1.29 is 27.5 Å². The number of amides is 1. The van der Waals surface area contributed by atoms with Crippen LogP contribution in [-0.2, 0) is 19.6 Å². The number of carbonyl (C=O) groups is 2. The van der Waals surface area contributed by atoms with Crippen molar-refractivity contribution >= 4 is 33.3 Å². The Labute approximate surface area is 182 Å². The Kier molecular flexibility index (Phi) is 8.01. The SMILES string of the molecule is COc1ccc(S(=O)(=O)N(C)C)cc1NC(=O)CNc1ccc(C(=O)OC(C)C)cc1. The predicted molar refractivity (Wildman–Crippen MR) is 118 cm³/mol. The van der Waals surface area contributed by atoms with Gasteiger partial charge in [-0.05, 0) is 56.3 Å². The Bertz CT molecular complexity index is 1030. The van der Waals surface area contributed by atoms with Crippen LogP contribution in [-0.4, -0.2) is 58.5 Å². The number of methoxy groups -OCH3 is 1. The molecule has 0 saturated heterocycles. The lowest BCUT2D eigenvalue weighted by atomic mass is 10.2. The van der Waals surface area contributed by atoms with Crippen LogP contribution >= 0.6 is 0 Å². The minimum atomic E-state index is -3.66. The third-order valence-electron chi connectivity index (χ3n) is 4.14. The fraction of sp³-hybridized carbons (Fsp3) is 0.333. The number of hydrogen-bond acceptors (Lipinski definition) is 7. The minimum absolute atomic E-state index is 0.0328. The van der Waals surface area contributed by atoms with E-state index in [-0.39, 0.29) is 23.2 Å². The highest BCUT2D eigenvalue weighted by atomic mass is 32.2. The van der Waals surface area contributed by atoms with Crippen molar-refractivity contribution in [1.82, 2.24) is 4.31 Å². The summed E-state index contributed by atoms with van der Waals surface area (Å²) in [7, 11) is 0.617. The van der Waals surface area contributed by atoms with E-state index in [1.54, 1.807) is 38.1 Å². The van der Waals surface area contributed by atoms with Crippen LogP contribution in [0.15, 0.2) is 47.4 Å². The number of hydrogen-bond donors (Lipinski definition) is 2. The van der Waals surface area contributed by atoms with Crippen molar-refractivity contribution in [3.05, 3.63) is 48.0 Å². The van der Waals surface area contributed by atoms with E-state index in [4.69, 9.17) is 9.47 Å². The lowest BCUT2D eigenvalue weighted by Gasteiger charge is -2.15. The maximum absolute atomic E-state index is 12.4. The van der Waals surface area contributed by atoms with E-state index in [9.17, 15) is 18.0 Å². The molecule has 2 aromatic rings. The molecule has 0 aromatic heterocycles. The van der Waals surface area contributed by atoms with Crippen LogP contribution in [0.5, 0.6) is 5.75 Å². The first kappa shape index (κ1) is 24.2. The Morgan fingerprint density at radius 2 is 1.71 bits per heavy atom. The number of nitrogens with one attached hydrogen (secondary N) is 2. The highest BCUT2D eigenvalue weighted by Crippen LogP contribution is 2.28. The summed E-state index contributed by atoms with van der Waals surface area (Å²) in [5, 5.41) is 5.59. The lowest BCUT2D eigenvalue weighted by molar-refractivity contribution is -0.114. The van der Waals surface area contributed by atoms with E-state index in [2.05, 4.69) is 10.6 Å². The molecule has 0 atom stereocenters. The van der Waals surface area contributed by atoms with Gasteiger partial charge in [0.2, 0.25) is 15.9 Å². The lowest BCUT2D eigenvalue weighted by Crippen LogP contribution is -2.24. The van der Waals surface area contributed by atoms with E-state index < -0.39 is 21.9 Å². The maximum Gasteiger partial charge on any atom is 0.338 e. The normalized spacial score (nSPS) is 11.3. The Morgan fingerprint density at radius 3 is 2.26 bits per heavy atom. The summed E-state index contributed by atoms with van der Waals surface area (Å²) in [6.07, 6.45) is -0.211. The van der Waals surface area contributed by atoms with Crippen molar-refractivity contribution in [2.24, 2.45) is 0 Å². The Hall–Kier alpha value is -3.11. The van der Waals surface area contributed by atoms with Gasteiger partial charge in [-0.15, -0.1) is 0 Å². The molecule has 0 fully saturated rings. The number of esters is 1. The molecule has 0 aliphatic carbocycles. The van der Waals surface area contributed by atoms with Crippen LogP contribution < -0.4 is 15.4 Å². The molecule has 0 aliphatic rings. The van der Waals surface area contributed by atoms with Crippen LogP contribution in [0.2, 0.25) is 0 Å². The summed E-state index contributed by atoms with van der Waals surface area (Å²) in [6, 6.07) is 10.8. The molecule has 0 saturated carbocycles. The summed E-state index contributed by atoms with van der Waals surface area (Å²) in [5.74, 6) is -0.487. The Balaban J connectivity index is 2.05. The molecule has 0 unspecified atom stereocenters. The van der Waals surface area contributed by atoms with Crippen LogP contribution in [0.25, 0.3) is 0 Å². The molecular weight excluding hydrogens is 422 g/mol. The van der Waals surface area contributed by atoms with Gasteiger partial charge in [-0.2, -0.15) is 0 Å². The minimum Gasteiger partial charge on any atom is -0.495 e. The van der Waals surface area contributed by atoms with Gasteiger partial charge in [0, 0.05) is 19.8 Å². The van der Waals surface area contributed by atoms with Gasteiger partial charge in [0.05, 0.1) is 35.9 Å². The monoisotopic (exact) mass is 449 g/mol. The first-order chi connectivity index (χ1) is 14.5. The van der Waals surface area contributed by atoms with E-state index >= 15 is 0 Å². The van der Waals surface area contributed by atoms with Crippen LogP contribution in [0, 0.1) is 0 Å². The van der Waals surface area contributed by atoms with Crippen molar-refractivity contribution in [2.75, 3.05) is 38.4 Å². The quantitative estimate of drug-likeness (QED) is 0.566. The third kappa shape index (κ3) is 6.43.